The molecule has 3 atom stereocenters. The molecule has 39 heavy (non-hydrogen) atoms. The second-order valence-electron chi connectivity index (χ2n) is 12.5. The molecule has 2 aromatic rings. The summed E-state index contributed by atoms with van der Waals surface area (Å²) in [5.74, 6) is 0.878. The first-order valence-corrected chi connectivity index (χ1v) is 14.0. The van der Waals surface area contributed by atoms with Crippen molar-refractivity contribution in [3.05, 3.63) is 71.3 Å². The number of Topliss-reactive ketones (excluding diaryl/α,β-unsaturated/α-hetero) is 1. The molecule has 0 radical (unpaired) electrons. The van der Waals surface area contributed by atoms with E-state index in [1.165, 1.54) is 26.4 Å². The lowest BCUT2D eigenvalue weighted by atomic mass is 9.47. The highest BCUT2D eigenvalue weighted by Gasteiger charge is 2.66. The van der Waals surface area contributed by atoms with E-state index in [1.807, 2.05) is 36.4 Å². The Balaban J connectivity index is 1.42. The number of fused-ring (bicyclic) bond motifs is 3. The van der Waals surface area contributed by atoms with E-state index in [4.69, 9.17) is 4.74 Å². The van der Waals surface area contributed by atoms with E-state index in [9.17, 15) is 15.3 Å². The van der Waals surface area contributed by atoms with Gasteiger partial charge >= 0.3 is 5.97 Å². The Morgan fingerprint density at radius 3 is 2.13 bits per heavy atom. The van der Waals surface area contributed by atoms with Gasteiger partial charge in [0.25, 0.3) is 0 Å². The summed E-state index contributed by atoms with van der Waals surface area (Å²) in [6.45, 7) is 0. The molecule has 5 fully saturated rings. The number of ketones is 1. The highest BCUT2D eigenvalue weighted by Crippen LogP contribution is 2.63. The molecule has 6 nitrogen and oxygen atoms in total. The van der Waals surface area contributed by atoms with Crippen molar-refractivity contribution < 1.29 is 14.3 Å². The monoisotopic (exact) mass is 517 g/mol. The van der Waals surface area contributed by atoms with E-state index in [-0.39, 0.29) is 5.78 Å². The number of anilines is 1. The van der Waals surface area contributed by atoms with Gasteiger partial charge in [-0.1, -0.05) is 42.5 Å². The second kappa shape index (κ2) is 8.55. The van der Waals surface area contributed by atoms with E-state index < -0.39 is 34.8 Å². The summed E-state index contributed by atoms with van der Waals surface area (Å²) >= 11 is 0. The van der Waals surface area contributed by atoms with Crippen LogP contribution < -0.4 is 4.90 Å². The molecule has 6 aliphatic rings. The molecule has 0 amide bonds. The van der Waals surface area contributed by atoms with Crippen LogP contribution in [0.2, 0.25) is 0 Å². The molecule has 196 valence electrons. The van der Waals surface area contributed by atoms with Crippen LogP contribution in [0.5, 0.6) is 0 Å². The van der Waals surface area contributed by atoms with Crippen molar-refractivity contribution in [3.63, 3.8) is 0 Å². The third-order valence-electron chi connectivity index (χ3n) is 10.4. The Labute approximate surface area is 228 Å². The molecule has 1 saturated heterocycles. The van der Waals surface area contributed by atoms with Gasteiger partial charge in [-0.15, -0.1) is 0 Å². The smallest absolute Gasteiger partial charge is 0.337 e. The van der Waals surface area contributed by atoms with Crippen LogP contribution in [0, 0.1) is 51.2 Å². The van der Waals surface area contributed by atoms with Crippen LogP contribution in [0.15, 0.2) is 54.6 Å². The fourth-order valence-corrected chi connectivity index (χ4v) is 9.28. The van der Waals surface area contributed by atoms with E-state index >= 15 is 4.79 Å². The number of para-hydroxylation sites is 1. The summed E-state index contributed by atoms with van der Waals surface area (Å²) < 4.78 is 4.88. The number of hydrogen-bond acceptors (Lipinski definition) is 6. The second-order valence-corrected chi connectivity index (χ2v) is 12.5. The maximum Gasteiger partial charge on any atom is 0.337 e. The van der Waals surface area contributed by atoms with Crippen molar-refractivity contribution >= 4 is 23.5 Å². The SMILES string of the molecule is COC(=O)c1ccc(C2C(C(=O)C34CC5CC(CC(C5)C3)C4)N3c4ccccc4C=CC3C2(C#N)C#N)cc1. The van der Waals surface area contributed by atoms with Crippen LogP contribution in [0.1, 0.15) is 65.9 Å². The molecule has 2 heterocycles. The lowest BCUT2D eigenvalue weighted by Gasteiger charge is -2.57. The number of ether oxygens (including phenoxy) is 1. The summed E-state index contributed by atoms with van der Waals surface area (Å²) in [5, 5.41) is 21.5. The van der Waals surface area contributed by atoms with Crippen LogP contribution in [0.25, 0.3) is 6.08 Å². The van der Waals surface area contributed by atoms with Gasteiger partial charge in [0.1, 0.15) is 0 Å². The van der Waals surface area contributed by atoms with E-state index in [0.29, 0.717) is 23.3 Å². The van der Waals surface area contributed by atoms with Crippen molar-refractivity contribution in [3.8, 4) is 12.1 Å². The normalized spacial score (nSPS) is 34.5. The van der Waals surface area contributed by atoms with Gasteiger partial charge in [0.2, 0.25) is 0 Å². The van der Waals surface area contributed by atoms with Crippen LogP contribution in [-0.2, 0) is 9.53 Å². The van der Waals surface area contributed by atoms with Gasteiger partial charge in [0, 0.05) is 17.0 Å². The summed E-state index contributed by atoms with van der Waals surface area (Å²) in [6.07, 6.45) is 10.4. The number of carbonyl (C=O) groups excluding carboxylic acids is 2. The fraction of sp³-hybridized carbons (Fsp3) is 0.455. The number of rotatable bonds is 4. The van der Waals surface area contributed by atoms with E-state index in [0.717, 1.165) is 36.1 Å². The lowest BCUT2D eigenvalue weighted by molar-refractivity contribution is -0.145. The van der Waals surface area contributed by atoms with Gasteiger partial charge in [-0.05, 0) is 85.6 Å². The van der Waals surface area contributed by atoms with E-state index in [1.54, 1.807) is 24.3 Å². The van der Waals surface area contributed by atoms with Crippen LogP contribution in [0.3, 0.4) is 0 Å². The molecule has 3 unspecified atom stereocenters. The molecule has 4 aliphatic carbocycles. The number of nitriles is 2. The van der Waals surface area contributed by atoms with Gasteiger partial charge in [-0.25, -0.2) is 4.79 Å². The predicted molar refractivity (Wildman–Crippen MR) is 145 cm³/mol. The molecular weight excluding hydrogens is 486 g/mol. The van der Waals surface area contributed by atoms with Gasteiger partial charge in [0.15, 0.2) is 11.2 Å². The quantitative estimate of drug-likeness (QED) is 0.486. The summed E-state index contributed by atoms with van der Waals surface area (Å²) in [7, 11) is 1.34. The van der Waals surface area contributed by atoms with Gasteiger partial charge in [-0.2, -0.15) is 10.5 Å². The van der Waals surface area contributed by atoms with Crippen LogP contribution in [-0.4, -0.2) is 30.9 Å². The minimum atomic E-state index is -1.47. The van der Waals surface area contributed by atoms with Crippen molar-refractivity contribution in [2.24, 2.45) is 28.6 Å². The van der Waals surface area contributed by atoms with Crippen LogP contribution in [0.4, 0.5) is 5.69 Å². The summed E-state index contributed by atoms with van der Waals surface area (Å²) in [4.78, 5) is 29.4. The van der Waals surface area contributed by atoms with Gasteiger partial charge < -0.3 is 9.64 Å². The third kappa shape index (κ3) is 3.31. The molecule has 2 aliphatic heterocycles. The largest absolute Gasteiger partial charge is 0.465 e. The molecule has 4 saturated carbocycles. The Kier molecular flexibility index (Phi) is 5.30. The highest BCUT2D eigenvalue weighted by molar-refractivity contribution is 5.97. The standard InChI is InChI=1S/C33H31N3O3/c1-39-31(38)25-8-6-24(7-9-25)28-29(30(37)32-15-20-12-21(16-32)14-22(13-20)17-32)36-26-5-3-2-4-23(26)10-11-27(36)33(28,18-34)19-35/h2-11,20-22,27-29H,12-17H2,1H3. The first-order valence-electron chi connectivity index (χ1n) is 14.0. The third-order valence-corrected chi connectivity index (χ3v) is 10.4. The first-order chi connectivity index (χ1) is 18.9. The molecule has 8 rings (SSSR count). The highest BCUT2D eigenvalue weighted by atomic mass is 16.5. The Morgan fingerprint density at radius 1 is 0.923 bits per heavy atom. The molecule has 6 heteroatoms. The molecule has 0 aromatic heterocycles. The predicted octanol–water partition coefficient (Wildman–Crippen LogP) is 5.66. The maximum atomic E-state index is 15.1. The molecule has 4 bridgehead atoms. The topological polar surface area (TPSA) is 94.2 Å². The number of carbonyl (C=O) groups is 2. The maximum absolute atomic E-state index is 15.1. The zero-order valence-electron chi connectivity index (χ0n) is 22.0. The fourth-order valence-electron chi connectivity index (χ4n) is 9.28. The summed E-state index contributed by atoms with van der Waals surface area (Å²) in [5.41, 5.74) is 1.14. The van der Waals surface area contributed by atoms with Gasteiger partial charge in [-0.3, -0.25) is 4.79 Å². The minimum absolute atomic E-state index is 0.200. The Bertz CT molecular complexity index is 1430. The van der Waals surface area contributed by atoms with Crippen molar-refractivity contribution in [2.75, 3.05) is 12.0 Å². The van der Waals surface area contributed by atoms with Gasteiger partial charge in [0.05, 0.1) is 36.9 Å². The average molecular weight is 518 g/mol. The van der Waals surface area contributed by atoms with Crippen molar-refractivity contribution in [2.45, 2.75) is 56.5 Å². The number of benzene rings is 2. The number of esters is 1. The molecule has 0 spiro atoms. The Hall–Kier alpha value is -3.90. The van der Waals surface area contributed by atoms with Crippen LogP contribution >= 0.6 is 0 Å². The minimum Gasteiger partial charge on any atom is -0.465 e. The zero-order chi connectivity index (χ0) is 26.9. The zero-order valence-corrected chi connectivity index (χ0v) is 22.0. The van der Waals surface area contributed by atoms with Crippen molar-refractivity contribution in [1.82, 2.24) is 0 Å². The van der Waals surface area contributed by atoms with E-state index in [2.05, 4.69) is 17.0 Å². The first kappa shape index (κ1) is 24.2. The number of methoxy groups -OCH3 is 1. The lowest BCUT2D eigenvalue weighted by Crippen LogP contribution is -2.56. The average Bonchev–Trinajstić information content (AvgIpc) is 3.26. The number of hydrogen-bond donors (Lipinski definition) is 0. The Morgan fingerprint density at radius 2 is 1.54 bits per heavy atom. The van der Waals surface area contributed by atoms with Crippen molar-refractivity contribution in [1.29, 1.82) is 10.5 Å². The molecular formula is C33H31N3O3. The number of nitrogens with zero attached hydrogens (tertiary/aromatic N) is 3. The summed E-state index contributed by atoms with van der Waals surface area (Å²) in [6, 6.07) is 18.5. The molecule has 2 aromatic carbocycles. The molecule has 0 N–H and O–H groups in total.